The molecule has 0 unspecified atom stereocenters. The van der Waals surface area contributed by atoms with Crippen molar-refractivity contribution < 1.29 is 13.2 Å². The molecule has 0 aliphatic rings. The molecular weight excluding hydrogens is 565 g/mol. The third-order valence-corrected chi connectivity index (χ3v) is 8.10. The van der Waals surface area contributed by atoms with E-state index in [1.807, 2.05) is 36.2 Å². The van der Waals surface area contributed by atoms with E-state index < -0.39 is 11.7 Å². The largest absolute Gasteiger partial charge is 0.416 e. The number of hydrogen-bond donors (Lipinski definition) is 0. The zero-order valence-corrected chi connectivity index (χ0v) is 25.4. The molecule has 2 nitrogen and oxygen atoms in total. The number of nitrogens with zero attached hydrogens (tertiary/aromatic N) is 2. The van der Waals surface area contributed by atoms with Gasteiger partial charge in [-0.2, -0.15) is 13.2 Å². The Morgan fingerprint density at radius 1 is 0.378 bits per heavy atom. The molecule has 0 saturated heterocycles. The number of anilines is 5. The maximum absolute atomic E-state index is 13.0. The molecule has 6 aromatic rings. The van der Waals surface area contributed by atoms with Gasteiger partial charge in [0.1, 0.15) is 0 Å². The van der Waals surface area contributed by atoms with Crippen LogP contribution >= 0.6 is 0 Å². The monoisotopic (exact) mass is 598 g/mol. The highest BCUT2D eigenvalue weighted by molar-refractivity contribution is 5.80. The van der Waals surface area contributed by atoms with Crippen molar-refractivity contribution in [2.45, 2.75) is 20.0 Å². The van der Waals surface area contributed by atoms with E-state index in [-0.39, 0.29) is 0 Å². The number of benzene rings is 6. The van der Waals surface area contributed by atoms with Crippen LogP contribution in [0.5, 0.6) is 0 Å². The van der Waals surface area contributed by atoms with Crippen molar-refractivity contribution in [1.82, 2.24) is 0 Å². The van der Waals surface area contributed by atoms with Crippen molar-refractivity contribution in [3.63, 3.8) is 0 Å². The summed E-state index contributed by atoms with van der Waals surface area (Å²) in [6.45, 7) is 4.18. The molecule has 0 heterocycles. The van der Waals surface area contributed by atoms with Crippen molar-refractivity contribution in [3.05, 3.63) is 162 Å². The van der Waals surface area contributed by atoms with Gasteiger partial charge >= 0.3 is 6.18 Å². The van der Waals surface area contributed by atoms with Gasteiger partial charge in [0.25, 0.3) is 0 Å². The predicted octanol–water partition coefficient (Wildman–Crippen LogP) is 11.9. The maximum Gasteiger partial charge on any atom is 0.416 e. The van der Waals surface area contributed by atoms with Crippen LogP contribution in [-0.2, 0) is 6.18 Å². The number of alkyl halides is 3. The highest BCUT2D eigenvalue weighted by Gasteiger charge is 2.30. The normalized spacial score (nSPS) is 11.3. The Bertz CT molecular complexity index is 1860. The van der Waals surface area contributed by atoms with Gasteiger partial charge in [-0.15, -0.1) is 0 Å². The molecule has 0 bridgehead atoms. The standard InChI is InChI=1S/C40H33F3N2/c1-28-4-8-30(9-5-28)32-12-22-38(23-13-32)45(37-18-6-29(2)7-19-37)39-24-14-33(15-25-39)31-10-20-35(21-11-31)44(3)36-26-16-34(17-27-36)40(41,42)43/h4-27H,1-3H3. The molecule has 0 fully saturated rings. The van der Waals surface area contributed by atoms with E-state index in [1.165, 1.54) is 34.4 Å². The van der Waals surface area contributed by atoms with Crippen LogP contribution in [-0.4, -0.2) is 7.05 Å². The van der Waals surface area contributed by atoms with Gasteiger partial charge < -0.3 is 9.80 Å². The average molecular weight is 599 g/mol. The molecule has 6 aromatic carbocycles. The Balaban J connectivity index is 1.24. The smallest absolute Gasteiger partial charge is 0.345 e. The van der Waals surface area contributed by atoms with E-state index in [0.29, 0.717) is 5.69 Å². The Kier molecular flexibility index (Phi) is 8.18. The van der Waals surface area contributed by atoms with Crippen molar-refractivity contribution in [2.75, 3.05) is 16.8 Å². The molecule has 0 aliphatic carbocycles. The van der Waals surface area contributed by atoms with Crippen LogP contribution in [0.3, 0.4) is 0 Å². The summed E-state index contributed by atoms with van der Waals surface area (Å²) in [6.07, 6.45) is -4.35. The minimum atomic E-state index is -4.35. The number of hydrogen-bond acceptors (Lipinski definition) is 2. The summed E-state index contributed by atoms with van der Waals surface area (Å²) in [5, 5.41) is 0. The molecule has 0 amide bonds. The van der Waals surface area contributed by atoms with Gasteiger partial charge in [0.2, 0.25) is 0 Å². The molecule has 6 rings (SSSR count). The molecule has 0 atom stereocenters. The molecular formula is C40H33F3N2. The molecule has 0 aromatic heterocycles. The topological polar surface area (TPSA) is 6.48 Å². The second-order valence-electron chi connectivity index (χ2n) is 11.3. The number of rotatable bonds is 7. The molecule has 0 saturated carbocycles. The molecule has 224 valence electrons. The fourth-order valence-corrected chi connectivity index (χ4v) is 5.39. The maximum atomic E-state index is 13.0. The van der Waals surface area contributed by atoms with Crippen LogP contribution in [0.25, 0.3) is 22.3 Å². The van der Waals surface area contributed by atoms with Crippen molar-refractivity contribution in [1.29, 1.82) is 0 Å². The van der Waals surface area contributed by atoms with Crippen LogP contribution in [0, 0.1) is 13.8 Å². The van der Waals surface area contributed by atoms with Gasteiger partial charge in [0.05, 0.1) is 5.56 Å². The second kappa shape index (κ2) is 12.4. The van der Waals surface area contributed by atoms with Gasteiger partial charge in [-0.1, -0.05) is 83.9 Å². The molecule has 45 heavy (non-hydrogen) atoms. The van der Waals surface area contributed by atoms with Gasteiger partial charge in [0.15, 0.2) is 0 Å². The zero-order chi connectivity index (χ0) is 31.6. The quantitative estimate of drug-likeness (QED) is 0.180. The SMILES string of the molecule is Cc1ccc(-c2ccc(N(c3ccc(C)cc3)c3ccc(-c4ccc(N(C)c5ccc(C(F)(F)F)cc5)cc4)cc3)cc2)cc1. The fraction of sp³-hybridized carbons (Fsp3) is 0.100. The van der Waals surface area contributed by atoms with Gasteiger partial charge in [0, 0.05) is 35.5 Å². The van der Waals surface area contributed by atoms with Crippen LogP contribution < -0.4 is 9.80 Å². The number of aryl methyl sites for hydroxylation is 2. The minimum Gasteiger partial charge on any atom is -0.345 e. The molecule has 0 radical (unpaired) electrons. The first kappa shape index (κ1) is 29.8. The predicted molar refractivity (Wildman–Crippen MR) is 181 cm³/mol. The van der Waals surface area contributed by atoms with E-state index in [2.05, 4.69) is 116 Å². The van der Waals surface area contributed by atoms with Crippen molar-refractivity contribution >= 4 is 28.4 Å². The highest BCUT2D eigenvalue weighted by Crippen LogP contribution is 2.37. The first-order valence-electron chi connectivity index (χ1n) is 14.8. The molecule has 0 aliphatic heterocycles. The van der Waals surface area contributed by atoms with Crippen LogP contribution in [0.15, 0.2) is 146 Å². The first-order chi connectivity index (χ1) is 21.7. The van der Waals surface area contributed by atoms with E-state index in [1.54, 1.807) is 0 Å². The van der Waals surface area contributed by atoms with Gasteiger partial charge in [-0.25, -0.2) is 0 Å². The highest BCUT2D eigenvalue weighted by atomic mass is 19.4. The van der Waals surface area contributed by atoms with Crippen molar-refractivity contribution in [3.8, 4) is 22.3 Å². The lowest BCUT2D eigenvalue weighted by molar-refractivity contribution is -0.137. The number of halogens is 3. The summed E-state index contributed by atoms with van der Waals surface area (Å²) in [5.74, 6) is 0. The summed E-state index contributed by atoms with van der Waals surface area (Å²) in [7, 11) is 1.85. The fourth-order valence-electron chi connectivity index (χ4n) is 5.39. The summed E-state index contributed by atoms with van der Waals surface area (Å²) in [5.41, 5.74) is 11.0. The Morgan fingerprint density at radius 2 is 0.644 bits per heavy atom. The lowest BCUT2D eigenvalue weighted by Gasteiger charge is -2.26. The van der Waals surface area contributed by atoms with E-state index >= 15 is 0 Å². The molecule has 0 spiro atoms. The van der Waals surface area contributed by atoms with E-state index in [0.717, 1.165) is 46.0 Å². The first-order valence-corrected chi connectivity index (χ1v) is 14.8. The van der Waals surface area contributed by atoms with Crippen molar-refractivity contribution in [2.24, 2.45) is 0 Å². The minimum absolute atomic E-state index is 0.654. The Labute approximate surface area is 262 Å². The van der Waals surface area contributed by atoms with Gasteiger partial charge in [-0.3, -0.25) is 0 Å². The zero-order valence-electron chi connectivity index (χ0n) is 25.4. The average Bonchev–Trinajstić information content (AvgIpc) is 3.06. The third kappa shape index (κ3) is 6.63. The Hall–Kier alpha value is -5.29. The third-order valence-electron chi connectivity index (χ3n) is 8.10. The lowest BCUT2D eigenvalue weighted by atomic mass is 10.0. The van der Waals surface area contributed by atoms with Crippen LogP contribution in [0.1, 0.15) is 16.7 Å². The summed E-state index contributed by atoms with van der Waals surface area (Å²) < 4.78 is 38.9. The lowest BCUT2D eigenvalue weighted by Crippen LogP contribution is -2.10. The molecule has 0 N–H and O–H groups in total. The summed E-state index contributed by atoms with van der Waals surface area (Å²) in [6, 6.07) is 47.5. The van der Waals surface area contributed by atoms with E-state index in [9.17, 15) is 13.2 Å². The van der Waals surface area contributed by atoms with E-state index in [4.69, 9.17) is 0 Å². The van der Waals surface area contributed by atoms with Crippen LogP contribution in [0.4, 0.5) is 41.6 Å². The summed E-state index contributed by atoms with van der Waals surface area (Å²) in [4.78, 5) is 4.13. The molecule has 5 heteroatoms. The van der Waals surface area contributed by atoms with Crippen LogP contribution in [0.2, 0.25) is 0 Å². The summed E-state index contributed by atoms with van der Waals surface area (Å²) >= 11 is 0. The van der Waals surface area contributed by atoms with Gasteiger partial charge in [-0.05, 0) is 109 Å². The second-order valence-corrected chi connectivity index (χ2v) is 11.3. The Morgan fingerprint density at radius 3 is 1.00 bits per heavy atom.